The number of pyridine rings is 5. The van der Waals surface area contributed by atoms with E-state index in [-0.39, 0.29) is 83.8 Å². The third kappa shape index (κ3) is 22.1. The lowest BCUT2D eigenvalue weighted by molar-refractivity contribution is -0.138. The lowest BCUT2D eigenvalue weighted by Gasteiger charge is -2.36. The van der Waals surface area contributed by atoms with Crippen LogP contribution < -0.4 is 27.1 Å². The van der Waals surface area contributed by atoms with Gasteiger partial charge in [-0.15, -0.1) is 0 Å². The second-order valence-corrected chi connectivity index (χ2v) is 30.7. The van der Waals surface area contributed by atoms with Crippen molar-refractivity contribution >= 4 is 41.2 Å². The summed E-state index contributed by atoms with van der Waals surface area (Å²) >= 11 is 0. The van der Waals surface area contributed by atoms with Crippen molar-refractivity contribution in [2.45, 2.75) is 199 Å². The van der Waals surface area contributed by atoms with Gasteiger partial charge in [0.15, 0.2) is 0 Å². The lowest BCUT2D eigenvalue weighted by Crippen LogP contribution is -2.53. The number of amides is 4. The van der Waals surface area contributed by atoms with Gasteiger partial charge in [0.2, 0.25) is 17.7 Å². The van der Waals surface area contributed by atoms with Crippen LogP contribution in [-0.4, -0.2) is 87.8 Å². The first-order chi connectivity index (χ1) is 52.1. The number of hydrogen-bond acceptors (Lipinski definition) is 12. The fourth-order valence-corrected chi connectivity index (χ4v) is 14.5. The van der Waals surface area contributed by atoms with Crippen molar-refractivity contribution in [3.05, 3.63) is 263 Å². The summed E-state index contributed by atoms with van der Waals surface area (Å²) in [6.45, 7) is 33.0. The summed E-state index contributed by atoms with van der Waals surface area (Å²) in [5, 5.41) is 18.6. The van der Waals surface area contributed by atoms with Gasteiger partial charge in [-0.25, -0.2) is 4.39 Å². The number of halogens is 1. The quantitative estimate of drug-likeness (QED) is 0.0374. The van der Waals surface area contributed by atoms with Gasteiger partial charge in [-0.2, -0.15) is 0 Å². The lowest BCUT2D eigenvalue weighted by atomic mass is 9.93. The molecule has 0 radical (unpaired) electrons. The number of aryl methyl sites for hydroxylation is 9. The molecule has 19 nitrogen and oxygen atoms in total. The minimum absolute atomic E-state index is 0.0176. The fraction of sp³-hybridized carbons (Fsp3) is 0.378. The van der Waals surface area contributed by atoms with Crippen LogP contribution >= 0.6 is 0 Å². The summed E-state index contributed by atoms with van der Waals surface area (Å²) < 4.78 is 16.9. The topological polar surface area (TPSA) is 262 Å². The van der Waals surface area contributed by atoms with Crippen LogP contribution in [0, 0.1) is 85.9 Å². The van der Waals surface area contributed by atoms with Crippen LogP contribution in [0.4, 0.5) is 4.39 Å². The Morgan fingerprint density at radius 3 is 1.17 bits per heavy atom. The number of rotatable bonds is 27. The van der Waals surface area contributed by atoms with E-state index < -0.39 is 59.5 Å². The van der Waals surface area contributed by atoms with Gasteiger partial charge in [-0.1, -0.05) is 114 Å². The molecule has 1 aliphatic rings. The Labute approximate surface area is 645 Å². The van der Waals surface area contributed by atoms with E-state index in [0.29, 0.717) is 36.9 Å². The maximum Gasteiger partial charge on any atom is 0.305 e. The Balaban J connectivity index is 0.000000208. The van der Waals surface area contributed by atoms with Gasteiger partial charge in [0.1, 0.15) is 35.5 Å². The van der Waals surface area contributed by atoms with Gasteiger partial charge in [-0.3, -0.25) is 58.1 Å². The zero-order valence-electron chi connectivity index (χ0n) is 66.5. The largest absolute Gasteiger partial charge is 0.481 e. The molecular formula is C90H106FN9O10. The van der Waals surface area contributed by atoms with Crippen LogP contribution in [0.1, 0.15) is 207 Å². The number of benzene rings is 4. The summed E-state index contributed by atoms with van der Waals surface area (Å²) in [6.07, 6.45) is 15.0. The Morgan fingerprint density at radius 1 is 0.436 bits per heavy atom. The van der Waals surface area contributed by atoms with Crippen LogP contribution in [0.15, 0.2) is 168 Å². The maximum atomic E-state index is 14.3. The van der Waals surface area contributed by atoms with Crippen molar-refractivity contribution in [1.29, 1.82) is 0 Å². The summed E-state index contributed by atoms with van der Waals surface area (Å²) in [5.41, 5.74) is 17.6. The molecule has 0 fully saturated rings. The van der Waals surface area contributed by atoms with Gasteiger partial charge < -0.3 is 35.1 Å². The third-order valence-electron chi connectivity index (χ3n) is 20.0. The molecule has 0 bridgehead atoms. The number of Topliss-reactive ketones (excluding diaryl/α,β-unsaturated/α-hetero) is 2. The number of nitrogens with zero attached hydrogens (tertiary/aromatic N) is 6. The number of carbonyl (C=O) groups excluding carboxylic acids is 6. The van der Waals surface area contributed by atoms with Gasteiger partial charge in [0, 0.05) is 103 Å². The van der Waals surface area contributed by atoms with Gasteiger partial charge >= 0.3 is 5.97 Å². The van der Waals surface area contributed by atoms with Crippen molar-refractivity contribution in [2.75, 3.05) is 6.54 Å². The van der Waals surface area contributed by atoms with Gasteiger partial charge in [0.05, 0.1) is 24.5 Å². The second kappa shape index (κ2) is 38.3. The number of hydrogen-bond donors (Lipinski definition) is 4. The molecule has 0 saturated heterocycles. The monoisotopic (exact) mass is 1490 g/mol. The van der Waals surface area contributed by atoms with Crippen molar-refractivity contribution in [3.63, 3.8) is 0 Å². The fourth-order valence-electron chi connectivity index (χ4n) is 14.5. The molecule has 6 atom stereocenters. The van der Waals surface area contributed by atoms with Crippen LogP contribution in [0.3, 0.4) is 0 Å². The predicted molar refractivity (Wildman–Crippen MR) is 430 cm³/mol. The van der Waals surface area contributed by atoms with E-state index >= 15 is 0 Å². The molecule has 0 saturated carbocycles. The van der Waals surface area contributed by atoms with Gasteiger partial charge in [0.25, 0.3) is 17.0 Å². The Morgan fingerprint density at radius 2 is 0.791 bits per heavy atom. The number of ketones is 2. The molecule has 110 heavy (non-hydrogen) atoms. The molecule has 4 amide bonds. The number of carbonyl (C=O) groups is 7. The van der Waals surface area contributed by atoms with E-state index in [1.54, 1.807) is 35.8 Å². The summed E-state index contributed by atoms with van der Waals surface area (Å²) in [4.78, 5) is 131. The zero-order chi connectivity index (χ0) is 80.5. The number of nitrogens with one attached hydrogen (secondary N) is 3. The summed E-state index contributed by atoms with van der Waals surface area (Å²) in [7, 11) is 0. The molecule has 4 aromatic carbocycles. The maximum absolute atomic E-state index is 14.3. The molecule has 578 valence electrons. The minimum atomic E-state index is -1.10. The van der Waals surface area contributed by atoms with Crippen LogP contribution in [-0.2, 0) is 35.2 Å². The van der Waals surface area contributed by atoms with E-state index in [9.17, 15) is 52.6 Å². The van der Waals surface area contributed by atoms with E-state index in [1.807, 2.05) is 154 Å². The summed E-state index contributed by atoms with van der Waals surface area (Å²) in [5.74, 6) is -2.55. The minimum Gasteiger partial charge on any atom is -0.481 e. The van der Waals surface area contributed by atoms with E-state index in [4.69, 9.17) is 0 Å². The van der Waals surface area contributed by atoms with Crippen LogP contribution in [0.5, 0.6) is 0 Å². The van der Waals surface area contributed by atoms with Crippen LogP contribution in [0.25, 0.3) is 33.4 Å². The number of carboxylic acid groups (broad SMARTS) is 1. The molecule has 5 aromatic heterocycles. The summed E-state index contributed by atoms with van der Waals surface area (Å²) in [6, 6.07) is 30.1. The molecule has 1 aliphatic heterocycles. The van der Waals surface area contributed by atoms with E-state index in [1.165, 1.54) is 31.5 Å². The average molecular weight is 1490 g/mol. The second-order valence-electron chi connectivity index (χ2n) is 30.7. The zero-order valence-corrected chi connectivity index (χ0v) is 66.5. The highest BCUT2D eigenvalue weighted by molar-refractivity contribution is 6.00. The highest BCUT2D eigenvalue weighted by Gasteiger charge is 2.37. The predicted octanol–water partition coefficient (Wildman–Crippen LogP) is 16.1. The molecule has 0 aliphatic carbocycles. The highest BCUT2D eigenvalue weighted by Crippen LogP contribution is 2.35. The van der Waals surface area contributed by atoms with Crippen molar-refractivity contribution in [2.24, 2.45) is 17.8 Å². The van der Waals surface area contributed by atoms with Crippen molar-refractivity contribution in [1.82, 2.24) is 44.9 Å². The molecule has 0 spiro atoms. The number of carboxylic acids is 1. The first kappa shape index (κ1) is 84.5. The van der Waals surface area contributed by atoms with Crippen molar-refractivity contribution < 1.29 is 43.1 Å². The first-order valence-electron chi connectivity index (χ1n) is 37.7. The molecule has 10 rings (SSSR count). The van der Waals surface area contributed by atoms with E-state index in [2.05, 4.69) is 82.9 Å². The Kier molecular flexibility index (Phi) is 29.4. The van der Waals surface area contributed by atoms with Crippen molar-refractivity contribution in [3.8, 4) is 33.4 Å². The number of aliphatic carboxylic acids is 1. The molecule has 20 heteroatoms. The Hall–Kier alpha value is -11.2. The molecular weight excluding hydrogens is 1390 g/mol. The number of aromatic nitrogens is 5. The molecule has 1 unspecified atom stereocenters. The third-order valence-corrected chi connectivity index (χ3v) is 20.0. The molecule has 9 aromatic rings. The normalized spacial score (nSPS) is 13.5. The Bertz CT molecular complexity index is 4720. The smallest absolute Gasteiger partial charge is 0.305 e. The average Bonchev–Trinajstić information content (AvgIpc) is 0.802. The molecule has 6 heterocycles. The number of fused-ring (bicyclic) bond motifs is 1. The SMILES string of the molecule is CC(=O)C[C@H](NC(=O)C(CC(C)C)N1CCc2ccccc2C1=O)c1cncc(-c2c(C)cccc2C)c1.CC(=O)C[C@H](NC(=O)[C@H](CC(C)C)n1cc(C)c(C)cc1=O)c1cncc(-c2c(C)cccc2C)c1.Cc1cc(=O)n([C@@H](CC(C)C)C(=O)N[C@@H](CC(=O)O)c2cncc(-c3c(C)cccc3C)c2)cc1F. The highest BCUT2D eigenvalue weighted by atomic mass is 19.1. The first-order valence-corrected chi connectivity index (χ1v) is 37.7. The standard InChI is InChI=1S/C32H37N3O3.C30H37N3O3.C28H32FN3O4/c1-20(2)15-29(35-14-13-24-11-6-7-12-27(24)32(35)38)31(37)34-28(16-23(5)36)25-17-26(19-33-18-25)30-21(3)9-8-10-22(30)4;1-18(2)11-27(33-17-22(6)21(5)12-28(33)35)30(36)32-26(13-23(7)34)24-14-25(16-31-15-24)29-19(3)9-8-10-20(29)4;1-16(2)9-24(32-15-22(29)19(5)10-25(32)33)28(36)31-23(12-26(34)35)20-11-21(14-30-13-20)27-17(3)7-6-8-18(27)4/h6-12,17-20,28-29H,13-16H2,1-5H3,(H,34,37);8-10,12,14-18,26-27H,11,13H2,1-7H3,(H,32,36);6-8,10-11,13-16,23-24H,9,12H2,1-5H3,(H,31,36)(H,34,35)/t28-,29?;26-,27-;23-,24-/m000/s1. The van der Waals surface area contributed by atoms with Gasteiger partial charge in [-0.05, 0) is 233 Å². The van der Waals surface area contributed by atoms with E-state index in [0.717, 1.165) is 111 Å². The molecule has 4 N–H and O–H groups in total. The van der Waals surface area contributed by atoms with Crippen LogP contribution in [0.2, 0.25) is 0 Å².